The number of nitrogens with zero attached hydrogens (tertiary/aromatic N) is 2. The molecule has 0 amide bonds. The smallest absolute Gasteiger partial charge is 0.330 e. The maximum atomic E-state index is 11.1. The molecule has 0 fully saturated rings. The summed E-state index contributed by atoms with van der Waals surface area (Å²) in [5.74, 6) is -0.770. The molecular weight excluding hydrogens is 256 g/mol. The van der Waals surface area contributed by atoms with Gasteiger partial charge in [-0.3, -0.25) is 20.2 Å². The van der Waals surface area contributed by atoms with Gasteiger partial charge in [0.25, 0.3) is 11.4 Å². The minimum atomic E-state index is -0.995. The van der Waals surface area contributed by atoms with Gasteiger partial charge in [0.1, 0.15) is 6.10 Å². The van der Waals surface area contributed by atoms with Crippen LogP contribution in [0.3, 0.4) is 0 Å². The lowest BCUT2D eigenvalue weighted by molar-refractivity contribution is -0.390. The van der Waals surface area contributed by atoms with Crippen LogP contribution in [0.15, 0.2) is 30.9 Å². The van der Waals surface area contributed by atoms with Gasteiger partial charge in [0.2, 0.25) is 0 Å². The number of hydrogen-bond acceptors (Lipinski definition) is 6. The molecule has 1 unspecified atom stereocenters. The molecule has 8 nitrogen and oxygen atoms in total. The summed E-state index contributed by atoms with van der Waals surface area (Å²) >= 11 is 0. The second-order valence-corrected chi connectivity index (χ2v) is 3.54. The molecule has 19 heavy (non-hydrogen) atoms. The Morgan fingerprint density at radius 3 is 2.47 bits per heavy atom. The second kappa shape index (κ2) is 5.71. The minimum Gasteiger partial charge on any atom is -0.454 e. The summed E-state index contributed by atoms with van der Waals surface area (Å²) in [4.78, 5) is 31.2. The van der Waals surface area contributed by atoms with Crippen molar-refractivity contribution in [2.75, 3.05) is 0 Å². The Morgan fingerprint density at radius 1 is 1.37 bits per heavy atom. The van der Waals surface area contributed by atoms with Gasteiger partial charge in [0.05, 0.1) is 15.4 Å². The zero-order chi connectivity index (χ0) is 14.6. The van der Waals surface area contributed by atoms with E-state index in [4.69, 9.17) is 4.74 Å². The highest BCUT2D eigenvalue weighted by molar-refractivity contribution is 5.81. The monoisotopic (exact) mass is 266 g/mol. The fourth-order valence-electron chi connectivity index (χ4n) is 1.43. The van der Waals surface area contributed by atoms with E-state index in [1.807, 2.05) is 0 Å². The Balaban J connectivity index is 3.24. The van der Waals surface area contributed by atoms with E-state index in [2.05, 4.69) is 6.58 Å². The molecule has 8 heteroatoms. The number of carbonyl (C=O) groups is 1. The van der Waals surface area contributed by atoms with Gasteiger partial charge in [-0.2, -0.15) is 0 Å². The van der Waals surface area contributed by atoms with Crippen molar-refractivity contribution in [3.05, 3.63) is 56.6 Å². The number of benzene rings is 1. The van der Waals surface area contributed by atoms with Gasteiger partial charge >= 0.3 is 5.97 Å². The molecule has 0 radical (unpaired) electrons. The van der Waals surface area contributed by atoms with Crippen molar-refractivity contribution in [1.29, 1.82) is 0 Å². The SMILES string of the molecule is C=CC(=O)OC(C)c1cc([N+](=O)[O-])ccc1[N+](=O)[O-]. The topological polar surface area (TPSA) is 113 Å². The molecule has 0 bridgehead atoms. The van der Waals surface area contributed by atoms with Crippen LogP contribution in [0.5, 0.6) is 0 Å². The zero-order valence-corrected chi connectivity index (χ0v) is 9.94. The average molecular weight is 266 g/mol. The number of rotatable bonds is 5. The fraction of sp³-hybridized carbons (Fsp3) is 0.182. The fourth-order valence-corrected chi connectivity index (χ4v) is 1.43. The van der Waals surface area contributed by atoms with Crippen molar-refractivity contribution in [1.82, 2.24) is 0 Å². The molecule has 0 N–H and O–H groups in total. The van der Waals surface area contributed by atoms with Crippen molar-refractivity contribution < 1.29 is 19.4 Å². The Labute approximate surface area is 107 Å². The lowest BCUT2D eigenvalue weighted by Gasteiger charge is -2.12. The van der Waals surface area contributed by atoms with E-state index < -0.39 is 21.9 Å². The van der Waals surface area contributed by atoms with Crippen LogP contribution in [0.25, 0.3) is 0 Å². The van der Waals surface area contributed by atoms with Gasteiger partial charge in [-0.25, -0.2) is 4.79 Å². The molecule has 0 aromatic heterocycles. The molecule has 0 aliphatic carbocycles. The van der Waals surface area contributed by atoms with Crippen molar-refractivity contribution in [3.8, 4) is 0 Å². The normalized spacial score (nSPS) is 11.4. The molecule has 1 aromatic rings. The Morgan fingerprint density at radius 2 is 2.00 bits per heavy atom. The molecule has 100 valence electrons. The van der Waals surface area contributed by atoms with Crippen molar-refractivity contribution in [2.24, 2.45) is 0 Å². The van der Waals surface area contributed by atoms with Gasteiger partial charge in [-0.15, -0.1) is 0 Å². The number of nitro groups is 2. The summed E-state index contributed by atoms with van der Waals surface area (Å²) in [5, 5.41) is 21.5. The van der Waals surface area contributed by atoms with Crippen molar-refractivity contribution in [3.63, 3.8) is 0 Å². The van der Waals surface area contributed by atoms with E-state index in [9.17, 15) is 25.0 Å². The van der Waals surface area contributed by atoms with E-state index in [1.54, 1.807) is 0 Å². The third-order valence-electron chi connectivity index (χ3n) is 2.32. The van der Waals surface area contributed by atoms with E-state index in [0.717, 1.165) is 24.3 Å². The molecule has 0 aliphatic heterocycles. The van der Waals surface area contributed by atoms with E-state index >= 15 is 0 Å². The number of esters is 1. The second-order valence-electron chi connectivity index (χ2n) is 3.54. The van der Waals surface area contributed by atoms with E-state index in [0.29, 0.717) is 0 Å². The first-order chi connectivity index (χ1) is 8.86. The summed E-state index contributed by atoms with van der Waals surface area (Å²) in [6.07, 6.45) is -0.0922. The molecular formula is C11H10N2O6. The highest BCUT2D eigenvalue weighted by Gasteiger charge is 2.24. The summed E-state index contributed by atoms with van der Waals surface area (Å²) in [5.41, 5.74) is -0.716. The molecule has 0 saturated carbocycles. The van der Waals surface area contributed by atoms with Crippen molar-refractivity contribution in [2.45, 2.75) is 13.0 Å². The largest absolute Gasteiger partial charge is 0.454 e. The van der Waals surface area contributed by atoms with Crippen LogP contribution in [0, 0.1) is 20.2 Å². The van der Waals surface area contributed by atoms with Gasteiger partial charge in [0.15, 0.2) is 0 Å². The quantitative estimate of drug-likeness (QED) is 0.349. The van der Waals surface area contributed by atoms with Crippen LogP contribution in [-0.2, 0) is 9.53 Å². The van der Waals surface area contributed by atoms with Crippen molar-refractivity contribution >= 4 is 17.3 Å². The standard InChI is InChI=1S/C11H10N2O6/c1-3-11(14)19-7(2)9-6-8(12(15)16)4-5-10(9)13(17)18/h3-7H,1H2,2H3. The number of carbonyl (C=O) groups excluding carboxylic acids is 1. The molecule has 1 atom stereocenters. The van der Waals surface area contributed by atoms with E-state index in [-0.39, 0.29) is 16.9 Å². The molecule has 1 aromatic carbocycles. The van der Waals surface area contributed by atoms with Crippen LogP contribution in [0.1, 0.15) is 18.6 Å². The predicted molar refractivity (Wildman–Crippen MR) is 64.5 cm³/mol. The van der Waals surface area contributed by atoms with Gasteiger partial charge in [-0.05, 0) is 6.92 Å². The summed E-state index contributed by atoms with van der Waals surface area (Å²) in [6.45, 7) is 4.58. The third kappa shape index (κ3) is 3.35. The van der Waals surface area contributed by atoms with Crippen LogP contribution in [0.4, 0.5) is 11.4 Å². The van der Waals surface area contributed by atoms with Gasteiger partial charge < -0.3 is 4.74 Å². The third-order valence-corrected chi connectivity index (χ3v) is 2.32. The van der Waals surface area contributed by atoms with E-state index in [1.165, 1.54) is 6.92 Å². The van der Waals surface area contributed by atoms with Gasteiger partial charge in [0, 0.05) is 24.3 Å². The molecule has 0 heterocycles. The first-order valence-corrected chi connectivity index (χ1v) is 5.12. The lowest BCUT2D eigenvalue weighted by Crippen LogP contribution is -2.08. The maximum absolute atomic E-state index is 11.1. The summed E-state index contributed by atoms with van der Waals surface area (Å²) in [7, 11) is 0. The van der Waals surface area contributed by atoms with Crippen LogP contribution in [-0.4, -0.2) is 15.8 Å². The maximum Gasteiger partial charge on any atom is 0.330 e. The highest BCUT2D eigenvalue weighted by atomic mass is 16.6. The number of hydrogen-bond donors (Lipinski definition) is 0. The molecule has 0 spiro atoms. The Bertz CT molecular complexity index is 554. The van der Waals surface area contributed by atoms with Crippen LogP contribution in [0.2, 0.25) is 0 Å². The molecule has 0 aliphatic rings. The Hall–Kier alpha value is -2.77. The van der Waals surface area contributed by atoms with Gasteiger partial charge in [-0.1, -0.05) is 6.58 Å². The lowest BCUT2D eigenvalue weighted by atomic mass is 10.1. The van der Waals surface area contributed by atoms with Crippen LogP contribution < -0.4 is 0 Å². The predicted octanol–water partition coefficient (Wildman–Crippen LogP) is 2.29. The minimum absolute atomic E-state index is 0.0469. The number of ether oxygens (including phenoxy) is 1. The summed E-state index contributed by atoms with van der Waals surface area (Å²) in [6, 6.07) is 3.04. The number of non-ortho nitro benzene ring substituents is 1. The average Bonchev–Trinajstić information content (AvgIpc) is 2.37. The Kier molecular flexibility index (Phi) is 4.30. The van der Waals surface area contributed by atoms with Crippen LogP contribution >= 0.6 is 0 Å². The first-order valence-electron chi connectivity index (χ1n) is 5.12. The summed E-state index contributed by atoms with van der Waals surface area (Å²) < 4.78 is 4.83. The molecule has 0 saturated heterocycles. The molecule has 1 rings (SSSR count). The number of nitro benzene ring substituents is 2. The first kappa shape index (κ1) is 14.3. The zero-order valence-electron chi connectivity index (χ0n) is 9.94. The highest BCUT2D eigenvalue weighted by Crippen LogP contribution is 2.31.